The fourth-order valence-corrected chi connectivity index (χ4v) is 1.75. The molecule has 98 valence electrons. The number of para-hydroxylation sites is 1. The molecule has 4 nitrogen and oxygen atoms in total. The zero-order valence-corrected chi connectivity index (χ0v) is 10.8. The predicted molar refractivity (Wildman–Crippen MR) is 73.1 cm³/mol. The quantitative estimate of drug-likeness (QED) is 0.907. The van der Waals surface area contributed by atoms with Gasteiger partial charge in [0.1, 0.15) is 11.6 Å². The first-order valence-electron chi connectivity index (χ1n) is 5.51. The van der Waals surface area contributed by atoms with Crippen molar-refractivity contribution in [1.29, 1.82) is 0 Å². The number of rotatable bonds is 3. The monoisotopic (exact) mass is 279 g/mol. The Morgan fingerprint density at radius 2 is 2.11 bits per heavy atom. The highest BCUT2D eigenvalue weighted by Gasteiger charge is 2.14. The first-order chi connectivity index (χ1) is 9.11. The van der Waals surface area contributed by atoms with Gasteiger partial charge in [-0.3, -0.25) is 4.79 Å². The second kappa shape index (κ2) is 5.67. The van der Waals surface area contributed by atoms with Gasteiger partial charge in [0.2, 0.25) is 0 Å². The van der Waals surface area contributed by atoms with E-state index in [4.69, 9.17) is 11.6 Å². The van der Waals surface area contributed by atoms with Gasteiger partial charge in [-0.25, -0.2) is 9.37 Å². The topological polar surface area (TPSA) is 54.0 Å². The lowest BCUT2D eigenvalue weighted by Crippen LogP contribution is -2.15. The molecular weight excluding hydrogens is 269 g/mol. The summed E-state index contributed by atoms with van der Waals surface area (Å²) in [4.78, 5) is 15.9. The number of amides is 1. The number of nitrogens with zero attached hydrogens (tertiary/aromatic N) is 1. The first kappa shape index (κ1) is 13.3. The standard InChI is InChI=1S/C13H11ClFN3O/c1-16-12-9(6-8(15)7-17-12)13(19)18-11-5-3-2-4-10(11)14/h2-7H,1H3,(H,16,17)(H,18,19). The van der Waals surface area contributed by atoms with Crippen molar-refractivity contribution in [2.24, 2.45) is 0 Å². The molecule has 0 aliphatic rings. The zero-order valence-electron chi connectivity index (χ0n) is 10.1. The Kier molecular flexibility index (Phi) is 3.97. The fourth-order valence-electron chi connectivity index (χ4n) is 1.56. The molecule has 19 heavy (non-hydrogen) atoms. The van der Waals surface area contributed by atoms with Crippen LogP contribution < -0.4 is 10.6 Å². The van der Waals surface area contributed by atoms with E-state index >= 15 is 0 Å². The molecule has 0 spiro atoms. The summed E-state index contributed by atoms with van der Waals surface area (Å²) in [6, 6.07) is 7.92. The summed E-state index contributed by atoms with van der Waals surface area (Å²) < 4.78 is 13.2. The zero-order chi connectivity index (χ0) is 13.8. The summed E-state index contributed by atoms with van der Waals surface area (Å²) >= 11 is 5.94. The maximum Gasteiger partial charge on any atom is 0.259 e. The summed E-state index contributed by atoms with van der Waals surface area (Å²) in [5.74, 6) is -0.765. The normalized spacial score (nSPS) is 10.1. The lowest BCUT2D eigenvalue weighted by atomic mass is 10.2. The van der Waals surface area contributed by atoms with Crippen LogP contribution in [-0.4, -0.2) is 17.9 Å². The van der Waals surface area contributed by atoms with E-state index in [2.05, 4.69) is 15.6 Å². The van der Waals surface area contributed by atoms with Crippen molar-refractivity contribution >= 4 is 29.0 Å². The van der Waals surface area contributed by atoms with Crippen molar-refractivity contribution < 1.29 is 9.18 Å². The van der Waals surface area contributed by atoms with Crippen molar-refractivity contribution in [3.8, 4) is 0 Å². The molecule has 0 atom stereocenters. The number of anilines is 2. The summed E-state index contributed by atoms with van der Waals surface area (Å²) in [6.45, 7) is 0. The van der Waals surface area contributed by atoms with Crippen LogP contribution in [-0.2, 0) is 0 Å². The van der Waals surface area contributed by atoms with E-state index in [1.165, 1.54) is 0 Å². The van der Waals surface area contributed by atoms with Crippen molar-refractivity contribution in [2.75, 3.05) is 17.7 Å². The summed E-state index contributed by atoms with van der Waals surface area (Å²) in [7, 11) is 1.60. The van der Waals surface area contributed by atoms with Gasteiger partial charge in [0.05, 0.1) is 22.5 Å². The molecule has 6 heteroatoms. The van der Waals surface area contributed by atoms with Gasteiger partial charge in [-0.05, 0) is 18.2 Å². The van der Waals surface area contributed by atoms with Crippen LogP contribution >= 0.6 is 11.6 Å². The van der Waals surface area contributed by atoms with Crippen LogP contribution in [0.15, 0.2) is 36.5 Å². The van der Waals surface area contributed by atoms with Crippen LogP contribution in [0.25, 0.3) is 0 Å². The molecule has 0 bridgehead atoms. The van der Waals surface area contributed by atoms with Gasteiger partial charge >= 0.3 is 0 Å². The Hall–Kier alpha value is -2.14. The molecule has 0 saturated heterocycles. The van der Waals surface area contributed by atoms with E-state index in [1.54, 1.807) is 31.3 Å². The summed E-state index contributed by atoms with van der Waals surface area (Å²) in [5.41, 5.74) is 0.572. The molecule has 2 rings (SSSR count). The average Bonchev–Trinajstić information content (AvgIpc) is 2.41. The number of hydrogen-bond acceptors (Lipinski definition) is 3. The number of hydrogen-bond donors (Lipinski definition) is 2. The van der Waals surface area contributed by atoms with E-state index < -0.39 is 11.7 Å². The largest absolute Gasteiger partial charge is 0.372 e. The van der Waals surface area contributed by atoms with Gasteiger partial charge < -0.3 is 10.6 Å². The number of nitrogens with one attached hydrogen (secondary N) is 2. The highest BCUT2D eigenvalue weighted by molar-refractivity contribution is 6.34. The third kappa shape index (κ3) is 3.00. The average molecular weight is 280 g/mol. The number of aromatic nitrogens is 1. The maximum atomic E-state index is 13.2. The molecule has 0 radical (unpaired) electrons. The van der Waals surface area contributed by atoms with Crippen molar-refractivity contribution in [2.45, 2.75) is 0 Å². The number of benzene rings is 1. The van der Waals surface area contributed by atoms with Gasteiger partial charge in [-0.1, -0.05) is 23.7 Å². The Morgan fingerprint density at radius 3 is 2.79 bits per heavy atom. The van der Waals surface area contributed by atoms with E-state index in [0.717, 1.165) is 12.3 Å². The van der Waals surface area contributed by atoms with E-state index in [-0.39, 0.29) is 5.56 Å². The van der Waals surface area contributed by atoms with Crippen LogP contribution in [0.3, 0.4) is 0 Å². The lowest BCUT2D eigenvalue weighted by molar-refractivity contribution is 0.102. The SMILES string of the molecule is CNc1ncc(F)cc1C(=O)Nc1ccccc1Cl. The smallest absolute Gasteiger partial charge is 0.259 e. The molecule has 2 N–H and O–H groups in total. The molecular formula is C13H11ClFN3O. The van der Waals surface area contributed by atoms with E-state index in [1.807, 2.05) is 0 Å². The Labute approximate surface area is 114 Å². The fraction of sp³-hybridized carbons (Fsp3) is 0.0769. The van der Waals surface area contributed by atoms with Crippen molar-refractivity contribution in [1.82, 2.24) is 4.98 Å². The van der Waals surface area contributed by atoms with Crippen molar-refractivity contribution in [3.05, 3.63) is 52.9 Å². The molecule has 1 aromatic heterocycles. The molecule has 0 aliphatic heterocycles. The molecule has 1 heterocycles. The minimum absolute atomic E-state index is 0.113. The molecule has 1 amide bonds. The number of carbonyl (C=O) groups excluding carboxylic acids is 1. The van der Waals surface area contributed by atoms with Gasteiger partial charge in [0, 0.05) is 7.05 Å². The predicted octanol–water partition coefficient (Wildman–Crippen LogP) is 3.17. The van der Waals surface area contributed by atoms with Crippen LogP contribution in [0.4, 0.5) is 15.9 Å². The Balaban J connectivity index is 2.30. The number of carbonyl (C=O) groups is 1. The molecule has 0 saturated carbocycles. The van der Waals surface area contributed by atoms with E-state index in [9.17, 15) is 9.18 Å². The molecule has 0 fully saturated rings. The lowest BCUT2D eigenvalue weighted by Gasteiger charge is -2.10. The van der Waals surface area contributed by atoms with Crippen LogP contribution in [0.1, 0.15) is 10.4 Å². The third-order valence-corrected chi connectivity index (χ3v) is 2.79. The van der Waals surface area contributed by atoms with Crippen LogP contribution in [0.5, 0.6) is 0 Å². The van der Waals surface area contributed by atoms with E-state index in [0.29, 0.717) is 16.5 Å². The molecule has 0 aliphatic carbocycles. The minimum atomic E-state index is -0.580. The van der Waals surface area contributed by atoms with Gasteiger partial charge in [-0.15, -0.1) is 0 Å². The van der Waals surface area contributed by atoms with Gasteiger partial charge in [0.25, 0.3) is 5.91 Å². The number of pyridine rings is 1. The first-order valence-corrected chi connectivity index (χ1v) is 5.89. The Morgan fingerprint density at radius 1 is 1.37 bits per heavy atom. The van der Waals surface area contributed by atoms with Gasteiger partial charge in [-0.2, -0.15) is 0 Å². The second-order valence-corrected chi connectivity index (χ2v) is 4.14. The maximum absolute atomic E-state index is 13.2. The highest BCUT2D eigenvalue weighted by atomic mass is 35.5. The highest BCUT2D eigenvalue weighted by Crippen LogP contribution is 2.22. The summed E-state index contributed by atoms with van der Waals surface area (Å²) in [5, 5.41) is 5.75. The molecule has 0 unspecified atom stereocenters. The second-order valence-electron chi connectivity index (χ2n) is 3.73. The van der Waals surface area contributed by atoms with Gasteiger partial charge in [0.15, 0.2) is 0 Å². The summed E-state index contributed by atoms with van der Waals surface area (Å²) in [6.07, 6.45) is 1.04. The Bertz CT molecular complexity index is 619. The third-order valence-electron chi connectivity index (χ3n) is 2.46. The minimum Gasteiger partial charge on any atom is -0.372 e. The molecule has 1 aromatic carbocycles. The number of halogens is 2. The van der Waals surface area contributed by atoms with Crippen LogP contribution in [0.2, 0.25) is 5.02 Å². The van der Waals surface area contributed by atoms with Crippen molar-refractivity contribution in [3.63, 3.8) is 0 Å². The van der Waals surface area contributed by atoms with Crippen LogP contribution in [0, 0.1) is 5.82 Å². The molecule has 2 aromatic rings.